The van der Waals surface area contributed by atoms with Crippen molar-refractivity contribution in [2.24, 2.45) is 0 Å². The van der Waals surface area contributed by atoms with Gasteiger partial charge in [0.1, 0.15) is 0 Å². The second kappa shape index (κ2) is 6.84. The van der Waals surface area contributed by atoms with Gasteiger partial charge < -0.3 is 14.6 Å². The van der Waals surface area contributed by atoms with Crippen LogP contribution in [-0.2, 0) is 14.9 Å². The zero-order valence-corrected chi connectivity index (χ0v) is 14.3. The minimum Gasteiger partial charge on any atom is -0.379 e. The summed E-state index contributed by atoms with van der Waals surface area (Å²) in [5, 5.41) is 9.14. The fourth-order valence-electron chi connectivity index (χ4n) is 2.52. The van der Waals surface area contributed by atoms with E-state index in [1.807, 2.05) is 37.4 Å². The number of carbonyl (C=O) groups excluding carboxylic acids is 1. The Hall–Kier alpha value is -1.66. The SMILES string of the molecule is CC(C)OCCCNC(=O)C1(c2cc(-c3cccs3)on2)CC1. The summed E-state index contributed by atoms with van der Waals surface area (Å²) in [5.74, 6) is 0.785. The standard InChI is InChI=1S/C17H22N2O3S/c1-12(2)21-9-4-8-18-16(20)17(6-7-17)15-11-13(22-19-15)14-5-3-10-23-14/h3,5,10-12H,4,6-9H2,1-2H3,(H,18,20). The van der Waals surface area contributed by atoms with Gasteiger partial charge in [-0.15, -0.1) is 11.3 Å². The van der Waals surface area contributed by atoms with E-state index in [9.17, 15) is 4.79 Å². The molecule has 2 aromatic rings. The summed E-state index contributed by atoms with van der Waals surface area (Å²) in [6, 6.07) is 5.87. The molecule has 2 aromatic heterocycles. The second-order valence-electron chi connectivity index (χ2n) is 6.16. The second-order valence-corrected chi connectivity index (χ2v) is 7.11. The molecule has 1 N–H and O–H groups in total. The van der Waals surface area contributed by atoms with Crippen LogP contribution in [0, 0.1) is 0 Å². The molecule has 2 heterocycles. The van der Waals surface area contributed by atoms with Crippen molar-refractivity contribution in [1.29, 1.82) is 0 Å². The van der Waals surface area contributed by atoms with Crippen molar-refractivity contribution in [3.63, 3.8) is 0 Å². The average molecular weight is 334 g/mol. The lowest BCUT2D eigenvalue weighted by Crippen LogP contribution is -2.35. The van der Waals surface area contributed by atoms with Crippen molar-refractivity contribution in [2.75, 3.05) is 13.2 Å². The number of carbonyl (C=O) groups is 1. The lowest BCUT2D eigenvalue weighted by Gasteiger charge is -2.13. The zero-order valence-electron chi connectivity index (χ0n) is 13.5. The molecule has 0 aromatic carbocycles. The van der Waals surface area contributed by atoms with Crippen LogP contribution in [0.5, 0.6) is 0 Å². The highest BCUT2D eigenvalue weighted by molar-refractivity contribution is 7.13. The van der Waals surface area contributed by atoms with Gasteiger partial charge in [-0.25, -0.2) is 0 Å². The van der Waals surface area contributed by atoms with Crippen LogP contribution in [0.1, 0.15) is 38.8 Å². The molecule has 23 heavy (non-hydrogen) atoms. The normalized spacial score (nSPS) is 15.8. The van der Waals surface area contributed by atoms with Crippen LogP contribution in [-0.4, -0.2) is 30.3 Å². The van der Waals surface area contributed by atoms with Crippen molar-refractivity contribution < 1.29 is 14.1 Å². The van der Waals surface area contributed by atoms with Crippen molar-refractivity contribution >= 4 is 17.2 Å². The Balaban J connectivity index is 1.56. The van der Waals surface area contributed by atoms with E-state index < -0.39 is 5.41 Å². The Morgan fingerprint density at radius 3 is 3.00 bits per heavy atom. The summed E-state index contributed by atoms with van der Waals surface area (Å²) < 4.78 is 10.9. The van der Waals surface area contributed by atoms with Crippen molar-refractivity contribution in [2.45, 2.75) is 44.6 Å². The number of ether oxygens (including phenoxy) is 1. The third-order valence-corrected chi connectivity index (χ3v) is 4.89. The number of amides is 1. The highest BCUT2D eigenvalue weighted by Crippen LogP contribution is 2.48. The molecule has 3 rings (SSSR count). The molecule has 1 aliphatic rings. The Kier molecular flexibility index (Phi) is 4.82. The monoisotopic (exact) mass is 334 g/mol. The van der Waals surface area contributed by atoms with Crippen LogP contribution in [0.25, 0.3) is 10.6 Å². The van der Waals surface area contributed by atoms with Crippen molar-refractivity contribution in [3.05, 3.63) is 29.3 Å². The maximum Gasteiger partial charge on any atom is 0.232 e. The van der Waals surface area contributed by atoms with Gasteiger partial charge in [-0.3, -0.25) is 4.79 Å². The van der Waals surface area contributed by atoms with Gasteiger partial charge in [-0.2, -0.15) is 0 Å². The van der Waals surface area contributed by atoms with E-state index in [1.54, 1.807) is 11.3 Å². The predicted octanol–water partition coefficient (Wildman–Crippen LogP) is 3.37. The first-order valence-corrected chi connectivity index (χ1v) is 8.91. The number of nitrogens with one attached hydrogen (secondary N) is 1. The smallest absolute Gasteiger partial charge is 0.232 e. The molecule has 124 valence electrons. The van der Waals surface area contributed by atoms with Gasteiger partial charge in [0, 0.05) is 19.2 Å². The van der Waals surface area contributed by atoms with Crippen LogP contribution in [0.3, 0.4) is 0 Å². The van der Waals surface area contributed by atoms with Gasteiger partial charge in [0.25, 0.3) is 0 Å². The molecule has 5 nitrogen and oxygen atoms in total. The summed E-state index contributed by atoms with van der Waals surface area (Å²) in [4.78, 5) is 13.5. The molecule has 6 heteroatoms. The van der Waals surface area contributed by atoms with Gasteiger partial charge in [0.2, 0.25) is 5.91 Å². The van der Waals surface area contributed by atoms with Crippen molar-refractivity contribution in [1.82, 2.24) is 10.5 Å². The summed E-state index contributed by atoms with van der Waals surface area (Å²) >= 11 is 1.60. The maximum absolute atomic E-state index is 12.5. The van der Waals surface area contributed by atoms with E-state index in [0.29, 0.717) is 13.2 Å². The van der Waals surface area contributed by atoms with Crippen LogP contribution in [0.15, 0.2) is 28.1 Å². The largest absolute Gasteiger partial charge is 0.379 e. The topological polar surface area (TPSA) is 64.4 Å². The highest BCUT2D eigenvalue weighted by Gasteiger charge is 2.53. The van der Waals surface area contributed by atoms with E-state index in [1.165, 1.54) is 0 Å². The third kappa shape index (κ3) is 3.64. The number of nitrogens with zero attached hydrogens (tertiary/aromatic N) is 1. The molecule has 0 unspecified atom stereocenters. The minimum absolute atomic E-state index is 0.0491. The number of thiophene rings is 1. The number of hydrogen-bond acceptors (Lipinski definition) is 5. The third-order valence-electron chi connectivity index (χ3n) is 4.01. The first-order chi connectivity index (χ1) is 11.1. The first kappa shape index (κ1) is 16.2. The van der Waals surface area contributed by atoms with Crippen LogP contribution in [0.2, 0.25) is 0 Å². The van der Waals surface area contributed by atoms with Gasteiger partial charge >= 0.3 is 0 Å². The molecule has 0 spiro atoms. The number of rotatable bonds is 8. The Labute approximate surface area is 140 Å². The molecule has 1 fully saturated rings. The summed E-state index contributed by atoms with van der Waals surface area (Å²) in [6.07, 6.45) is 2.71. The molecule has 0 aliphatic heterocycles. The Morgan fingerprint density at radius 2 is 2.35 bits per heavy atom. The quantitative estimate of drug-likeness (QED) is 0.752. The molecular formula is C17H22N2O3S. The highest BCUT2D eigenvalue weighted by atomic mass is 32.1. The predicted molar refractivity (Wildman–Crippen MR) is 89.4 cm³/mol. The molecule has 0 saturated heterocycles. The van der Waals surface area contributed by atoms with Gasteiger partial charge in [0.15, 0.2) is 5.76 Å². The number of hydrogen-bond donors (Lipinski definition) is 1. The number of aromatic nitrogens is 1. The Morgan fingerprint density at radius 1 is 1.52 bits per heavy atom. The summed E-state index contributed by atoms with van der Waals surface area (Å²) in [6.45, 7) is 5.31. The molecule has 1 aliphatic carbocycles. The van der Waals surface area contributed by atoms with Gasteiger partial charge in [-0.1, -0.05) is 11.2 Å². The molecule has 0 radical (unpaired) electrons. The molecule has 0 atom stereocenters. The van der Waals surface area contributed by atoms with E-state index in [2.05, 4.69) is 10.5 Å². The molecule has 1 saturated carbocycles. The summed E-state index contributed by atoms with van der Waals surface area (Å²) in [5.41, 5.74) is 0.259. The maximum atomic E-state index is 12.5. The van der Waals surface area contributed by atoms with Crippen molar-refractivity contribution in [3.8, 4) is 10.6 Å². The lowest BCUT2D eigenvalue weighted by atomic mass is 10.0. The first-order valence-electron chi connectivity index (χ1n) is 8.03. The molecule has 1 amide bonds. The molecule has 0 bridgehead atoms. The van der Waals surface area contributed by atoms with E-state index in [4.69, 9.17) is 9.26 Å². The van der Waals surface area contributed by atoms with E-state index in [-0.39, 0.29) is 12.0 Å². The average Bonchev–Trinajstić information content (AvgIpc) is 2.96. The molecular weight excluding hydrogens is 312 g/mol. The fraction of sp³-hybridized carbons (Fsp3) is 0.529. The fourth-order valence-corrected chi connectivity index (χ4v) is 3.20. The van der Waals surface area contributed by atoms with Crippen LogP contribution >= 0.6 is 11.3 Å². The summed E-state index contributed by atoms with van der Waals surface area (Å²) in [7, 11) is 0. The Bertz CT molecular complexity index is 645. The van der Waals surface area contributed by atoms with Gasteiger partial charge in [-0.05, 0) is 44.6 Å². The minimum atomic E-state index is -0.488. The van der Waals surface area contributed by atoms with Crippen LogP contribution in [0.4, 0.5) is 0 Å². The van der Waals surface area contributed by atoms with Crippen LogP contribution < -0.4 is 5.32 Å². The van der Waals surface area contributed by atoms with Gasteiger partial charge in [0.05, 0.1) is 22.1 Å². The van der Waals surface area contributed by atoms with E-state index >= 15 is 0 Å². The zero-order chi connectivity index (χ0) is 16.3. The lowest BCUT2D eigenvalue weighted by molar-refractivity contribution is -0.123. The van der Waals surface area contributed by atoms with E-state index in [0.717, 1.165) is 35.6 Å².